The molecule has 0 bridgehead atoms. The Kier molecular flexibility index (Phi) is 3.32. The third kappa shape index (κ3) is 2.21. The van der Waals surface area contributed by atoms with E-state index < -0.39 is 0 Å². The topological polar surface area (TPSA) is 17.1 Å². The van der Waals surface area contributed by atoms with Gasteiger partial charge in [-0.15, -0.1) is 0 Å². The summed E-state index contributed by atoms with van der Waals surface area (Å²) in [6, 6.07) is 32.7. The fourth-order valence-corrected chi connectivity index (χ4v) is 3.81. The Morgan fingerprint density at radius 3 is 1.85 bits per heavy atom. The van der Waals surface area contributed by atoms with Crippen LogP contribution in [0.2, 0.25) is 0 Å². The molecule has 0 unspecified atom stereocenters. The van der Waals surface area contributed by atoms with Crippen LogP contribution in [-0.2, 0) is 0 Å². The first-order chi connectivity index (χ1) is 12.8. The van der Waals surface area contributed by atoms with Crippen LogP contribution < -0.4 is 0 Å². The maximum absolute atomic E-state index is 13.0. The van der Waals surface area contributed by atoms with E-state index in [1.165, 1.54) is 5.56 Å². The molecule has 4 aromatic rings. The fourth-order valence-electron chi connectivity index (χ4n) is 3.81. The zero-order valence-corrected chi connectivity index (χ0v) is 14.1. The summed E-state index contributed by atoms with van der Waals surface area (Å²) in [5.74, 6) is 0.122. The van der Waals surface area contributed by atoms with Crippen molar-refractivity contribution in [2.75, 3.05) is 0 Å². The van der Waals surface area contributed by atoms with Crippen LogP contribution in [-0.4, -0.2) is 5.78 Å². The molecular weight excluding hydrogens is 316 g/mol. The van der Waals surface area contributed by atoms with Gasteiger partial charge in [-0.2, -0.15) is 0 Å². The molecule has 0 N–H and O–H groups in total. The number of carbonyl (C=O) groups excluding carboxylic acids is 1. The van der Waals surface area contributed by atoms with Gasteiger partial charge in [0.2, 0.25) is 0 Å². The third-order valence-electron chi connectivity index (χ3n) is 5.03. The Bertz CT molecular complexity index is 1140. The van der Waals surface area contributed by atoms with E-state index in [4.69, 9.17) is 0 Å². The molecular formula is C25H16O. The zero-order valence-electron chi connectivity index (χ0n) is 14.1. The van der Waals surface area contributed by atoms with E-state index in [2.05, 4.69) is 36.4 Å². The summed E-state index contributed by atoms with van der Waals surface area (Å²) in [6.45, 7) is 0. The zero-order chi connectivity index (χ0) is 17.5. The summed E-state index contributed by atoms with van der Waals surface area (Å²) in [5.41, 5.74) is 8.10. The van der Waals surface area contributed by atoms with E-state index in [0.717, 1.165) is 38.9 Å². The van der Waals surface area contributed by atoms with Gasteiger partial charge in [0.25, 0.3) is 0 Å². The van der Waals surface area contributed by atoms with Crippen LogP contribution >= 0.6 is 0 Å². The summed E-state index contributed by atoms with van der Waals surface area (Å²) < 4.78 is 0. The second kappa shape index (κ2) is 5.82. The Morgan fingerprint density at radius 2 is 1.00 bits per heavy atom. The van der Waals surface area contributed by atoms with Gasteiger partial charge in [0.15, 0.2) is 5.78 Å². The minimum absolute atomic E-state index is 0.122. The fraction of sp³-hybridized carbons (Fsp3) is 0. The molecule has 0 atom stereocenters. The van der Waals surface area contributed by atoms with E-state index in [0.29, 0.717) is 0 Å². The maximum atomic E-state index is 13.0. The molecule has 26 heavy (non-hydrogen) atoms. The summed E-state index contributed by atoms with van der Waals surface area (Å²) in [5, 5.41) is 0. The molecule has 5 rings (SSSR count). The molecule has 0 aromatic heterocycles. The lowest BCUT2D eigenvalue weighted by molar-refractivity contribution is 0.104. The van der Waals surface area contributed by atoms with Crippen LogP contribution in [0, 0.1) is 0 Å². The Morgan fingerprint density at radius 1 is 0.423 bits per heavy atom. The van der Waals surface area contributed by atoms with Gasteiger partial charge < -0.3 is 0 Å². The van der Waals surface area contributed by atoms with Crippen molar-refractivity contribution in [3.05, 3.63) is 108 Å². The molecule has 4 aromatic carbocycles. The predicted molar refractivity (Wildman–Crippen MR) is 106 cm³/mol. The average molecular weight is 332 g/mol. The smallest absolute Gasteiger partial charge is 0.194 e. The SMILES string of the molecule is O=C1c2ccccc2-c2cccc(-c3cccc(-c4ccccc4)c3)c21. The van der Waals surface area contributed by atoms with Crippen molar-refractivity contribution in [1.29, 1.82) is 0 Å². The number of hydrogen-bond donors (Lipinski definition) is 0. The molecule has 0 saturated heterocycles. The van der Waals surface area contributed by atoms with E-state index in [9.17, 15) is 4.79 Å². The van der Waals surface area contributed by atoms with Crippen molar-refractivity contribution in [3.8, 4) is 33.4 Å². The average Bonchev–Trinajstić information content (AvgIpc) is 3.02. The highest BCUT2D eigenvalue weighted by Gasteiger charge is 2.28. The van der Waals surface area contributed by atoms with Crippen molar-refractivity contribution in [2.45, 2.75) is 0 Å². The van der Waals surface area contributed by atoms with Crippen LogP contribution in [0.1, 0.15) is 15.9 Å². The normalized spacial score (nSPS) is 11.9. The molecule has 0 heterocycles. The number of carbonyl (C=O) groups is 1. The highest BCUT2D eigenvalue weighted by atomic mass is 16.1. The predicted octanol–water partition coefficient (Wildman–Crippen LogP) is 6.23. The number of rotatable bonds is 2. The first-order valence-corrected chi connectivity index (χ1v) is 8.76. The Balaban J connectivity index is 1.69. The largest absolute Gasteiger partial charge is 0.289 e. The highest BCUT2D eigenvalue weighted by molar-refractivity contribution is 6.24. The number of fused-ring (bicyclic) bond motifs is 3. The first-order valence-electron chi connectivity index (χ1n) is 8.76. The second-order valence-electron chi connectivity index (χ2n) is 6.55. The van der Waals surface area contributed by atoms with Crippen molar-refractivity contribution >= 4 is 5.78 Å². The maximum Gasteiger partial charge on any atom is 0.194 e. The van der Waals surface area contributed by atoms with Gasteiger partial charge in [-0.25, -0.2) is 0 Å². The van der Waals surface area contributed by atoms with Crippen LogP contribution in [0.15, 0.2) is 97.1 Å². The van der Waals surface area contributed by atoms with Crippen molar-refractivity contribution in [1.82, 2.24) is 0 Å². The number of benzene rings is 4. The Labute approximate surface area is 152 Å². The lowest BCUT2D eigenvalue weighted by atomic mass is 9.93. The summed E-state index contributed by atoms with van der Waals surface area (Å²) in [6.07, 6.45) is 0. The molecule has 0 radical (unpaired) electrons. The summed E-state index contributed by atoms with van der Waals surface area (Å²) in [4.78, 5) is 13.0. The molecule has 122 valence electrons. The molecule has 0 aliphatic heterocycles. The summed E-state index contributed by atoms with van der Waals surface area (Å²) >= 11 is 0. The van der Waals surface area contributed by atoms with Gasteiger partial charge in [0.05, 0.1) is 0 Å². The van der Waals surface area contributed by atoms with E-state index in [1.807, 2.05) is 60.7 Å². The standard InChI is InChI=1S/C25H16O/c26-25-23-13-5-4-12-21(23)22-15-7-14-20(24(22)25)19-11-6-10-18(16-19)17-8-2-1-3-9-17/h1-16H. The van der Waals surface area contributed by atoms with Crippen LogP contribution in [0.4, 0.5) is 0 Å². The Hall–Kier alpha value is -3.45. The van der Waals surface area contributed by atoms with Gasteiger partial charge in [-0.3, -0.25) is 4.79 Å². The van der Waals surface area contributed by atoms with Crippen molar-refractivity contribution < 1.29 is 4.79 Å². The monoisotopic (exact) mass is 332 g/mol. The minimum Gasteiger partial charge on any atom is -0.289 e. The van der Waals surface area contributed by atoms with Gasteiger partial charge in [-0.05, 0) is 39.4 Å². The first kappa shape index (κ1) is 14.9. The van der Waals surface area contributed by atoms with Gasteiger partial charge in [0.1, 0.15) is 0 Å². The van der Waals surface area contributed by atoms with Crippen LogP contribution in [0.5, 0.6) is 0 Å². The quantitative estimate of drug-likeness (QED) is 0.374. The third-order valence-corrected chi connectivity index (χ3v) is 5.03. The van der Waals surface area contributed by atoms with Crippen molar-refractivity contribution in [2.24, 2.45) is 0 Å². The number of ketones is 1. The van der Waals surface area contributed by atoms with E-state index in [-0.39, 0.29) is 5.78 Å². The minimum atomic E-state index is 0.122. The molecule has 1 aliphatic carbocycles. The molecule has 0 amide bonds. The lowest BCUT2D eigenvalue weighted by Crippen LogP contribution is -1.98. The molecule has 0 fully saturated rings. The molecule has 0 spiro atoms. The van der Waals surface area contributed by atoms with Crippen LogP contribution in [0.3, 0.4) is 0 Å². The second-order valence-corrected chi connectivity index (χ2v) is 6.55. The highest BCUT2D eigenvalue weighted by Crippen LogP contribution is 2.41. The van der Waals surface area contributed by atoms with Crippen LogP contribution in [0.25, 0.3) is 33.4 Å². The van der Waals surface area contributed by atoms with Crippen molar-refractivity contribution in [3.63, 3.8) is 0 Å². The van der Waals surface area contributed by atoms with E-state index in [1.54, 1.807) is 0 Å². The lowest BCUT2D eigenvalue weighted by Gasteiger charge is -2.10. The molecule has 1 heteroatoms. The molecule has 0 saturated carbocycles. The molecule has 1 aliphatic rings. The summed E-state index contributed by atoms with van der Waals surface area (Å²) in [7, 11) is 0. The van der Waals surface area contributed by atoms with Gasteiger partial charge in [-0.1, -0.05) is 91.0 Å². The molecule has 1 nitrogen and oxygen atoms in total. The number of hydrogen-bond acceptors (Lipinski definition) is 1. The van der Waals surface area contributed by atoms with Gasteiger partial charge in [0, 0.05) is 11.1 Å². The van der Waals surface area contributed by atoms with E-state index >= 15 is 0 Å². The van der Waals surface area contributed by atoms with Gasteiger partial charge >= 0.3 is 0 Å².